The van der Waals surface area contributed by atoms with E-state index in [0.717, 1.165) is 5.56 Å². The van der Waals surface area contributed by atoms with E-state index in [9.17, 15) is 4.79 Å². The minimum absolute atomic E-state index is 0.0462. The SMILES string of the molecule is COCC(=O)Cc1nc(-c2cccnc2)no1. The van der Waals surface area contributed by atoms with Crippen molar-refractivity contribution in [1.82, 2.24) is 15.1 Å². The number of pyridine rings is 1. The Balaban J connectivity index is 2.09. The van der Waals surface area contributed by atoms with Crippen LogP contribution in [-0.4, -0.2) is 34.6 Å². The molecule has 0 saturated heterocycles. The highest BCUT2D eigenvalue weighted by Crippen LogP contribution is 2.13. The Labute approximate surface area is 97.6 Å². The highest BCUT2D eigenvalue weighted by atomic mass is 16.5. The zero-order chi connectivity index (χ0) is 12.1. The summed E-state index contributed by atoms with van der Waals surface area (Å²) >= 11 is 0. The first-order valence-electron chi connectivity index (χ1n) is 5.03. The van der Waals surface area contributed by atoms with E-state index in [2.05, 4.69) is 15.1 Å². The minimum atomic E-state index is -0.103. The van der Waals surface area contributed by atoms with E-state index in [4.69, 9.17) is 9.26 Å². The maximum Gasteiger partial charge on any atom is 0.234 e. The van der Waals surface area contributed by atoms with Gasteiger partial charge in [0.05, 0.1) is 6.42 Å². The van der Waals surface area contributed by atoms with Crippen molar-refractivity contribution in [2.45, 2.75) is 6.42 Å². The van der Waals surface area contributed by atoms with Gasteiger partial charge in [-0.1, -0.05) is 5.16 Å². The van der Waals surface area contributed by atoms with Crippen LogP contribution in [0.5, 0.6) is 0 Å². The van der Waals surface area contributed by atoms with Crippen molar-refractivity contribution in [3.63, 3.8) is 0 Å². The van der Waals surface area contributed by atoms with E-state index in [1.165, 1.54) is 7.11 Å². The van der Waals surface area contributed by atoms with Gasteiger partial charge >= 0.3 is 0 Å². The van der Waals surface area contributed by atoms with Crippen molar-refractivity contribution in [3.05, 3.63) is 30.4 Å². The van der Waals surface area contributed by atoms with Crippen molar-refractivity contribution < 1.29 is 14.1 Å². The molecule has 0 amide bonds. The second kappa shape index (κ2) is 5.31. The Kier molecular flexibility index (Phi) is 3.56. The van der Waals surface area contributed by atoms with E-state index >= 15 is 0 Å². The molecule has 0 N–H and O–H groups in total. The van der Waals surface area contributed by atoms with Crippen molar-refractivity contribution >= 4 is 5.78 Å². The fraction of sp³-hybridized carbons (Fsp3) is 0.273. The van der Waals surface area contributed by atoms with Crippen LogP contribution in [0.4, 0.5) is 0 Å². The molecule has 2 aromatic rings. The zero-order valence-electron chi connectivity index (χ0n) is 9.29. The molecule has 2 aromatic heterocycles. The number of Topliss-reactive ketones (excluding diaryl/α,β-unsaturated/α-hetero) is 1. The third-order valence-corrected chi connectivity index (χ3v) is 2.04. The topological polar surface area (TPSA) is 78.1 Å². The van der Waals surface area contributed by atoms with Gasteiger partial charge in [-0.05, 0) is 12.1 Å². The standard InChI is InChI=1S/C11H11N3O3/c1-16-7-9(15)5-10-13-11(14-17-10)8-3-2-4-12-6-8/h2-4,6H,5,7H2,1H3. The summed E-state index contributed by atoms with van der Waals surface area (Å²) in [6, 6.07) is 3.60. The first-order chi connectivity index (χ1) is 8.29. The molecule has 0 radical (unpaired) electrons. The zero-order valence-corrected chi connectivity index (χ0v) is 9.29. The monoisotopic (exact) mass is 233 g/mol. The number of rotatable bonds is 5. The van der Waals surface area contributed by atoms with Crippen molar-refractivity contribution in [1.29, 1.82) is 0 Å². The number of ether oxygens (including phenoxy) is 1. The van der Waals surface area contributed by atoms with Crippen LogP contribution in [0.25, 0.3) is 11.4 Å². The summed E-state index contributed by atoms with van der Waals surface area (Å²) in [6.45, 7) is 0.0462. The van der Waals surface area contributed by atoms with E-state index in [1.807, 2.05) is 6.07 Å². The molecular weight excluding hydrogens is 222 g/mol. The van der Waals surface area contributed by atoms with E-state index in [1.54, 1.807) is 18.5 Å². The summed E-state index contributed by atoms with van der Waals surface area (Å²) < 4.78 is 9.69. The molecule has 0 aliphatic carbocycles. The van der Waals surface area contributed by atoms with Gasteiger partial charge < -0.3 is 9.26 Å². The molecule has 6 heteroatoms. The van der Waals surface area contributed by atoms with E-state index < -0.39 is 0 Å². The Morgan fingerprint density at radius 3 is 3.12 bits per heavy atom. The highest BCUT2D eigenvalue weighted by Gasteiger charge is 2.12. The van der Waals surface area contributed by atoms with Crippen LogP contribution >= 0.6 is 0 Å². The number of ketones is 1. The second-order valence-electron chi connectivity index (χ2n) is 3.40. The number of carbonyl (C=O) groups excluding carboxylic acids is 1. The lowest BCUT2D eigenvalue weighted by atomic mass is 10.2. The van der Waals surface area contributed by atoms with Gasteiger partial charge in [-0.25, -0.2) is 0 Å². The van der Waals surface area contributed by atoms with Crippen molar-refractivity contribution in [2.75, 3.05) is 13.7 Å². The Hall–Kier alpha value is -2.08. The molecule has 88 valence electrons. The molecule has 0 aliphatic heterocycles. The average Bonchev–Trinajstić information content (AvgIpc) is 2.79. The maximum atomic E-state index is 11.3. The van der Waals surface area contributed by atoms with Crippen LogP contribution < -0.4 is 0 Å². The fourth-order valence-corrected chi connectivity index (χ4v) is 1.32. The number of hydrogen-bond acceptors (Lipinski definition) is 6. The lowest BCUT2D eigenvalue weighted by Gasteiger charge is -1.93. The fourth-order valence-electron chi connectivity index (χ4n) is 1.32. The van der Waals surface area contributed by atoms with Gasteiger partial charge in [-0.15, -0.1) is 0 Å². The summed E-state index contributed by atoms with van der Waals surface area (Å²) in [5, 5.41) is 3.78. The quantitative estimate of drug-likeness (QED) is 0.763. The van der Waals surface area contributed by atoms with Gasteiger partial charge in [0.15, 0.2) is 5.78 Å². The molecule has 6 nitrogen and oxygen atoms in total. The van der Waals surface area contributed by atoms with Gasteiger partial charge in [0, 0.05) is 25.1 Å². The summed E-state index contributed by atoms with van der Waals surface area (Å²) in [7, 11) is 1.47. The number of carbonyl (C=O) groups is 1. The normalized spacial score (nSPS) is 10.4. The highest BCUT2D eigenvalue weighted by molar-refractivity contribution is 5.81. The first kappa shape index (κ1) is 11.4. The van der Waals surface area contributed by atoms with Crippen LogP contribution in [-0.2, 0) is 16.0 Å². The van der Waals surface area contributed by atoms with Crippen LogP contribution in [0, 0.1) is 0 Å². The number of nitrogens with zero attached hydrogens (tertiary/aromatic N) is 3. The predicted octanol–water partition coefficient (Wildman–Crippen LogP) is 0.890. The van der Waals surface area contributed by atoms with E-state index in [-0.39, 0.29) is 24.7 Å². The van der Waals surface area contributed by atoms with Gasteiger partial charge in [0.25, 0.3) is 0 Å². The molecule has 0 spiro atoms. The summed E-state index contributed by atoms with van der Waals surface area (Å²) in [5.41, 5.74) is 0.752. The van der Waals surface area contributed by atoms with Crippen molar-refractivity contribution in [2.24, 2.45) is 0 Å². The molecule has 0 aliphatic rings. The maximum absolute atomic E-state index is 11.3. The van der Waals surface area contributed by atoms with Gasteiger partial charge in [-0.3, -0.25) is 9.78 Å². The van der Waals surface area contributed by atoms with Crippen LogP contribution in [0.2, 0.25) is 0 Å². The Morgan fingerprint density at radius 2 is 2.41 bits per heavy atom. The van der Waals surface area contributed by atoms with Crippen molar-refractivity contribution in [3.8, 4) is 11.4 Å². The lowest BCUT2D eigenvalue weighted by Crippen LogP contribution is -2.09. The van der Waals surface area contributed by atoms with Crippen LogP contribution in [0.1, 0.15) is 5.89 Å². The molecular formula is C11H11N3O3. The van der Waals surface area contributed by atoms with Gasteiger partial charge in [-0.2, -0.15) is 4.98 Å². The largest absolute Gasteiger partial charge is 0.377 e. The Morgan fingerprint density at radius 1 is 1.53 bits per heavy atom. The molecule has 0 aromatic carbocycles. The first-order valence-corrected chi connectivity index (χ1v) is 5.03. The van der Waals surface area contributed by atoms with Crippen LogP contribution in [0.3, 0.4) is 0 Å². The molecule has 0 unspecified atom stereocenters. The molecule has 2 rings (SSSR count). The minimum Gasteiger partial charge on any atom is -0.377 e. The van der Waals surface area contributed by atoms with Crippen LogP contribution in [0.15, 0.2) is 29.0 Å². The van der Waals surface area contributed by atoms with E-state index in [0.29, 0.717) is 5.82 Å². The predicted molar refractivity (Wildman–Crippen MR) is 58.1 cm³/mol. The number of aromatic nitrogens is 3. The molecule has 0 atom stereocenters. The summed E-state index contributed by atoms with van der Waals surface area (Å²) in [6.07, 6.45) is 3.37. The Bertz CT molecular complexity index is 496. The molecule has 0 fully saturated rings. The summed E-state index contributed by atoms with van der Waals surface area (Å²) in [5.74, 6) is 0.609. The molecule has 17 heavy (non-hydrogen) atoms. The third kappa shape index (κ3) is 2.94. The lowest BCUT2D eigenvalue weighted by molar-refractivity contribution is -0.122. The summed E-state index contributed by atoms with van der Waals surface area (Å²) in [4.78, 5) is 19.4. The van der Waals surface area contributed by atoms with Gasteiger partial charge in [0.2, 0.25) is 11.7 Å². The second-order valence-corrected chi connectivity index (χ2v) is 3.40. The van der Waals surface area contributed by atoms with Gasteiger partial charge in [0.1, 0.15) is 6.61 Å². The average molecular weight is 233 g/mol. The molecule has 0 bridgehead atoms. The number of methoxy groups -OCH3 is 1. The molecule has 2 heterocycles. The molecule has 0 saturated carbocycles. The number of hydrogen-bond donors (Lipinski definition) is 0. The third-order valence-electron chi connectivity index (χ3n) is 2.04. The smallest absolute Gasteiger partial charge is 0.234 e.